The largest absolute Gasteiger partial charge is 0.497 e. The first-order valence-electron chi connectivity index (χ1n) is 14.0. The van der Waals surface area contributed by atoms with Gasteiger partial charge in [-0.2, -0.15) is 0 Å². The van der Waals surface area contributed by atoms with Gasteiger partial charge in [0.05, 0.1) is 25.6 Å². The zero-order valence-corrected chi connectivity index (χ0v) is 25.3. The highest BCUT2D eigenvalue weighted by Gasteiger charge is 2.41. The number of rotatable bonds is 8. The van der Waals surface area contributed by atoms with E-state index >= 15 is 0 Å². The highest BCUT2D eigenvalue weighted by molar-refractivity contribution is 6.36. The van der Waals surface area contributed by atoms with Gasteiger partial charge in [-0.3, -0.25) is 4.99 Å². The summed E-state index contributed by atoms with van der Waals surface area (Å²) in [6, 6.07) is 8.42. The number of halogens is 2. The molecule has 5 rings (SSSR count). The van der Waals surface area contributed by atoms with Crippen LogP contribution in [-0.4, -0.2) is 70.5 Å². The minimum Gasteiger partial charge on any atom is -0.497 e. The predicted molar refractivity (Wildman–Crippen MR) is 160 cm³/mol. The average molecular weight is 586 g/mol. The Morgan fingerprint density at radius 3 is 2.35 bits per heavy atom. The van der Waals surface area contributed by atoms with Crippen molar-refractivity contribution in [3.05, 3.63) is 69.8 Å². The fourth-order valence-electron chi connectivity index (χ4n) is 5.98. The van der Waals surface area contributed by atoms with Crippen LogP contribution in [0.15, 0.2) is 47.8 Å². The molecule has 3 aromatic rings. The monoisotopic (exact) mass is 584 g/mol. The summed E-state index contributed by atoms with van der Waals surface area (Å²) >= 11 is 13.5. The zero-order valence-electron chi connectivity index (χ0n) is 23.8. The van der Waals surface area contributed by atoms with Crippen molar-refractivity contribution >= 4 is 29.2 Å². The summed E-state index contributed by atoms with van der Waals surface area (Å²) in [4.78, 5) is 20.9. The second kappa shape index (κ2) is 12.3. The minimum atomic E-state index is -0.113. The van der Waals surface area contributed by atoms with Crippen LogP contribution in [-0.2, 0) is 0 Å². The number of fused-ring (bicyclic) bond motifs is 1. The third-order valence-corrected chi connectivity index (χ3v) is 8.40. The molecule has 0 spiro atoms. The average Bonchev–Trinajstić information content (AvgIpc) is 3.24. The van der Waals surface area contributed by atoms with Crippen LogP contribution in [0.4, 0.5) is 5.95 Å². The summed E-state index contributed by atoms with van der Waals surface area (Å²) in [7, 11) is 1.61. The molecule has 1 fully saturated rings. The molecule has 3 atom stereocenters. The van der Waals surface area contributed by atoms with Gasteiger partial charge in [0.25, 0.3) is 0 Å². The number of nitrogens with one attached hydrogen (secondary N) is 1. The van der Waals surface area contributed by atoms with Crippen LogP contribution in [0.2, 0.25) is 10.0 Å². The lowest BCUT2D eigenvalue weighted by Gasteiger charge is -2.33. The van der Waals surface area contributed by atoms with Crippen LogP contribution in [0.1, 0.15) is 57.8 Å². The molecule has 3 unspecified atom stereocenters. The number of piperidine rings is 1. The van der Waals surface area contributed by atoms with E-state index in [1.807, 2.05) is 30.5 Å². The summed E-state index contributed by atoms with van der Waals surface area (Å²) in [5.74, 6) is 2.22. The molecule has 11 heteroatoms. The van der Waals surface area contributed by atoms with Gasteiger partial charge in [-0.15, -0.1) is 0 Å². The van der Waals surface area contributed by atoms with Crippen molar-refractivity contribution in [3.63, 3.8) is 0 Å². The molecule has 0 bridgehead atoms. The summed E-state index contributed by atoms with van der Waals surface area (Å²) < 4.78 is 7.53. The molecule has 2 aliphatic heterocycles. The van der Waals surface area contributed by atoms with Crippen molar-refractivity contribution in [2.24, 2.45) is 4.99 Å². The van der Waals surface area contributed by atoms with Crippen molar-refractivity contribution in [1.29, 1.82) is 0 Å². The van der Waals surface area contributed by atoms with Gasteiger partial charge in [-0.1, -0.05) is 23.2 Å². The molecule has 1 saturated heterocycles. The first-order valence-corrected chi connectivity index (χ1v) is 14.7. The molecule has 9 nitrogen and oxygen atoms in total. The maximum absolute atomic E-state index is 6.77. The summed E-state index contributed by atoms with van der Waals surface area (Å²) in [5, 5.41) is 7.26. The van der Waals surface area contributed by atoms with E-state index in [1.165, 1.54) is 0 Å². The lowest BCUT2D eigenvalue weighted by atomic mass is 9.92. The SMILES string of the molecule is COc1cc(Cl)c(C2c3nccc(=NCC(C)NC4CCN(c5ncccn5)CC4)n3N(C(C)C)C2C)c(Cl)c1. The Bertz CT molecular complexity index is 1350. The first-order chi connectivity index (χ1) is 19.3. The van der Waals surface area contributed by atoms with Gasteiger partial charge in [-0.25, -0.2) is 19.6 Å². The van der Waals surface area contributed by atoms with Gasteiger partial charge in [0.15, 0.2) is 0 Å². The molecular formula is C29H38Cl2N8O. The van der Waals surface area contributed by atoms with E-state index in [4.69, 9.17) is 37.9 Å². The van der Waals surface area contributed by atoms with Crippen LogP contribution in [0.5, 0.6) is 5.75 Å². The van der Waals surface area contributed by atoms with Crippen LogP contribution in [0.25, 0.3) is 0 Å². The molecule has 4 heterocycles. The standard InChI is InChI=1S/C29H38Cl2N8O/c1-18(2)38-20(4)26(27-23(30)15-22(40-5)16-24(27)31)28-32-12-7-25(39(28)38)35-17-19(3)36-21-8-13-37(14-9-21)29-33-10-6-11-34-29/h6-7,10-12,15-16,18-21,26,36H,8-9,13-14,17H2,1-5H3. The quantitative estimate of drug-likeness (QED) is 0.419. The third kappa shape index (κ3) is 5.78. The summed E-state index contributed by atoms with van der Waals surface area (Å²) in [5.41, 5.74) is 1.74. The summed E-state index contributed by atoms with van der Waals surface area (Å²) in [6.07, 6.45) is 7.53. The van der Waals surface area contributed by atoms with E-state index in [1.54, 1.807) is 19.5 Å². The first kappa shape index (κ1) is 28.6. The fourth-order valence-corrected chi connectivity index (χ4v) is 6.68. The molecular weight excluding hydrogens is 547 g/mol. The van der Waals surface area contributed by atoms with E-state index in [-0.39, 0.29) is 24.0 Å². The number of aromatic nitrogens is 4. The Balaban J connectivity index is 1.35. The lowest BCUT2D eigenvalue weighted by molar-refractivity contribution is 0.376. The Kier molecular flexibility index (Phi) is 8.83. The number of nitrogens with zero attached hydrogens (tertiary/aromatic N) is 7. The highest BCUT2D eigenvalue weighted by atomic mass is 35.5. The maximum atomic E-state index is 6.77. The molecule has 0 radical (unpaired) electrons. The normalized spacial score (nSPS) is 20.8. The van der Waals surface area contributed by atoms with Crippen LogP contribution >= 0.6 is 23.2 Å². The molecule has 1 N–H and O–H groups in total. The smallest absolute Gasteiger partial charge is 0.225 e. The molecule has 2 aliphatic rings. The van der Waals surface area contributed by atoms with E-state index < -0.39 is 0 Å². The number of hydrogen-bond acceptors (Lipinski definition) is 8. The second-order valence-electron chi connectivity index (χ2n) is 10.9. The van der Waals surface area contributed by atoms with Gasteiger partial charge in [0.1, 0.15) is 17.1 Å². The molecule has 0 amide bonds. The van der Waals surface area contributed by atoms with Crippen molar-refractivity contribution in [2.75, 3.05) is 36.7 Å². The van der Waals surface area contributed by atoms with Crippen molar-refractivity contribution in [2.45, 2.75) is 70.6 Å². The van der Waals surface area contributed by atoms with Crippen molar-refractivity contribution in [3.8, 4) is 5.75 Å². The molecule has 214 valence electrons. The van der Waals surface area contributed by atoms with E-state index in [9.17, 15) is 0 Å². The number of hydrogen-bond donors (Lipinski definition) is 1. The molecule has 0 aliphatic carbocycles. The van der Waals surface area contributed by atoms with Gasteiger partial charge in [-0.05, 0) is 58.7 Å². The third-order valence-electron chi connectivity index (χ3n) is 7.78. The number of anilines is 1. The Labute approximate surface area is 246 Å². The van der Waals surface area contributed by atoms with Crippen LogP contribution in [0, 0.1) is 0 Å². The lowest BCUT2D eigenvalue weighted by Crippen LogP contribution is -2.49. The molecule has 2 aromatic heterocycles. The fraction of sp³-hybridized carbons (Fsp3) is 0.517. The number of benzene rings is 1. The molecule has 40 heavy (non-hydrogen) atoms. The van der Waals surface area contributed by atoms with Crippen LogP contribution in [0.3, 0.4) is 0 Å². The minimum absolute atomic E-state index is 0.0709. The van der Waals surface area contributed by atoms with E-state index in [0.29, 0.717) is 28.4 Å². The van der Waals surface area contributed by atoms with Gasteiger partial charge >= 0.3 is 0 Å². The number of ether oxygens (including phenoxy) is 1. The van der Waals surface area contributed by atoms with E-state index in [0.717, 1.165) is 48.8 Å². The Morgan fingerprint density at radius 2 is 1.73 bits per heavy atom. The second-order valence-corrected chi connectivity index (χ2v) is 11.7. The van der Waals surface area contributed by atoms with Crippen molar-refractivity contribution in [1.82, 2.24) is 24.9 Å². The number of methoxy groups -OCH3 is 1. The van der Waals surface area contributed by atoms with E-state index in [2.05, 4.69) is 57.6 Å². The predicted octanol–water partition coefficient (Wildman–Crippen LogP) is 4.42. The summed E-state index contributed by atoms with van der Waals surface area (Å²) in [6.45, 7) is 11.3. The van der Waals surface area contributed by atoms with Gasteiger partial charge < -0.3 is 20.0 Å². The van der Waals surface area contributed by atoms with Gasteiger partial charge in [0, 0.05) is 71.5 Å². The topological polar surface area (TPSA) is 83.7 Å². The Morgan fingerprint density at radius 1 is 1.05 bits per heavy atom. The molecule has 1 aromatic carbocycles. The van der Waals surface area contributed by atoms with Crippen LogP contribution < -0.4 is 25.5 Å². The van der Waals surface area contributed by atoms with Crippen molar-refractivity contribution < 1.29 is 4.74 Å². The maximum Gasteiger partial charge on any atom is 0.225 e. The molecule has 0 saturated carbocycles. The highest BCUT2D eigenvalue weighted by Crippen LogP contribution is 2.43. The zero-order chi connectivity index (χ0) is 28.4. The van der Waals surface area contributed by atoms with Gasteiger partial charge in [0.2, 0.25) is 5.95 Å². The Hall–Kier alpha value is -2.88.